The van der Waals surface area contributed by atoms with Crippen molar-refractivity contribution in [1.82, 2.24) is 20.0 Å². The Bertz CT molecular complexity index is 1310. The van der Waals surface area contributed by atoms with E-state index < -0.39 is 14.0 Å². The van der Waals surface area contributed by atoms with Gasteiger partial charge in [0.2, 0.25) is 0 Å². The van der Waals surface area contributed by atoms with Gasteiger partial charge in [-0.25, -0.2) is 4.68 Å². The molecular formula is C26H32N8O2Si. The van der Waals surface area contributed by atoms with E-state index in [1.54, 1.807) is 10.9 Å². The van der Waals surface area contributed by atoms with Gasteiger partial charge in [-0.3, -0.25) is 9.89 Å². The molecule has 11 heteroatoms. The van der Waals surface area contributed by atoms with Crippen LogP contribution in [0.15, 0.2) is 73.1 Å². The molecule has 10 nitrogen and oxygen atoms in total. The van der Waals surface area contributed by atoms with E-state index in [9.17, 15) is 10.1 Å². The zero-order chi connectivity index (χ0) is 26.7. The Hall–Kier alpha value is -4.40. The number of nitrogens with one attached hydrogen (secondary N) is 3. The van der Waals surface area contributed by atoms with Gasteiger partial charge in [-0.1, -0.05) is 56.0 Å². The summed E-state index contributed by atoms with van der Waals surface area (Å²) in [7, 11) is -1.08. The van der Waals surface area contributed by atoms with E-state index >= 15 is 0 Å². The number of anilines is 4. The molecule has 0 saturated heterocycles. The lowest BCUT2D eigenvalue weighted by molar-refractivity contribution is 0.0787. The first kappa shape index (κ1) is 27.2. The second-order valence-electron chi connectivity index (χ2n) is 9.40. The van der Waals surface area contributed by atoms with Crippen molar-refractivity contribution in [2.45, 2.75) is 32.4 Å². The van der Waals surface area contributed by atoms with Crippen LogP contribution in [0.2, 0.25) is 25.7 Å². The number of para-hydroxylation sites is 2. The molecule has 5 N–H and O–H groups in total. The summed E-state index contributed by atoms with van der Waals surface area (Å²) in [5.74, 6) is 0.554. The molecule has 2 aromatic carbocycles. The molecular weight excluding hydrogens is 484 g/mol. The predicted molar refractivity (Wildman–Crippen MR) is 148 cm³/mol. The molecule has 0 atom stereocenters. The molecule has 0 aliphatic heterocycles. The highest BCUT2D eigenvalue weighted by Gasteiger charge is 2.13. The van der Waals surface area contributed by atoms with Gasteiger partial charge in [0.05, 0.1) is 6.20 Å². The first-order chi connectivity index (χ1) is 17.7. The highest BCUT2D eigenvalue weighted by Crippen LogP contribution is 2.19. The van der Waals surface area contributed by atoms with Crippen molar-refractivity contribution < 1.29 is 9.53 Å². The van der Waals surface area contributed by atoms with E-state index in [1.165, 1.54) is 6.20 Å². The molecule has 0 bridgehead atoms. The Balaban J connectivity index is 0.000000220. The third-order valence-electron chi connectivity index (χ3n) is 5.09. The monoisotopic (exact) mass is 516 g/mol. The number of aromatic amines is 1. The van der Waals surface area contributed by atoms with Crippen molar-refractivity contribution in [1.29, 1.82) is 5.26 Å². The fraction of sp³-hybridized carbons (Fsp3) is 0.231. The topological polar surface area (TPSA) is 147 Å². The fourth-order valence-corrected chi connectivity index (χ4v) is 3.85. The van der Waals surface area contributed by atoms with Crippen LogP contribution in [-0.2, 0) is 11.5 Å². The van der Waals surface area contributed by atoms with Crippen LogP contribution in [0.5, 0.6) is 0 Å². The van der Waals surface area contributed by atoms with Crippen LogP contribution in [-0.4, -0.2) is 40.6 Å². The molecule has 0 aliphatic rings. The molecule has 37 heavy (non-hydrogen) atoms. The van der Waals surface area contributed by atoms with Crippen LogP contribution in [0.4, 0.5) is 23.0 Å². The van der Waals surface area contributed by atoms with E-state index in [-0.39, 0.29) is 0 Å². The third-order valence-corrected chi connectivity index (χ3v) is 6.79. The van der Waals surface area contributed by atoms with Crippen LogP contribution in [0.1, 0.15) is 15.9 Å². The summed E-state index contributed by atoms with van der Waals surface area (Å²) in [6, 6.07) is 22.4. The molecule has 2 heterocycles. The van der Waals surface area contributed by atoms with E-state index in [0.717, 1.165) is 24.0 Å². The second-order valence-corrected chi connectivity index (χ2v) is 15.0. The SMILES string of the molecule is C[Si](C)(C)CCOCn1cc(C#N)c(Nc2ccccc2)n1.NC(=O)c1cn[nH]c1Nc1ccccc1. The number of amides is 1. The number of ether oxygens (including phenoxy) is 1. The van der Waals surface area contributed by atoms with Crippen molar-refractivity contribution in [3.05, 3.63) is 84.2 Å². The van der Waals surface area contributed by atoms with E-state index in [2.05, 4.69) is 51.6 Å². The number of nitriles is 1. The first-order valence-electron chi connectivity index (χ1n) is 11.8. The summed E-state index contributed by atoms with van der Waals surface area (Å²) in [4.78, 5) is 11.0. The summed E-state index contributed by atoms with van der Waals surface area (Å²) >= 11 is 0. The van der Waals surface area contributed by atoms with Crippen molar-refractivity contribution in [3.63, 3.8) is 0 Å². The predicted octanol–water partition coefficient (Wildman–Crippen LogP) is 5.06. The lowest BCUT2D eigenvalue weighted by Crippen LogP contribution is -2.22. The lowest BCUT2D eigenvalue weighted by Gasteiger charge is -2.15. The molecule has 4 aromatic rings. The molecule has 0 unspecified atom stereocenters. The molecule has 2 aromatic heterocycles. The molecule has 0 radical (unpaired) electrons. The Labute approximate surface area is 217 Å². The number of H-pyrrole nitrogens is 1. The molecule has 0 saturated carbocycles. The number of rotatable bonds is 10. The standard InChI is InChI=1S/C16H22N4OSi.C10H10N4O/c1-22(2,3)10-9-21-13-20-12-14(11-17)16(19-20)18-15-7-5-4-6-8-15;11-9(15)8-6-12-14-10(8)13-7-4-2-1-3-5-7/h4-8,12H,9-10,13H2,1-3H3,(H,18,19);1-6H,(H2,11,15)(H2,12,13,14). The van der Waals surface area contributed by atoms with E-state index in [1.807, 2.05) is 60.7 Å². The second kappa shape index (κ2) is 13.1. The maximum Gasteiger partial charge on any atom is 0.254 e. The third kappa shape index (κ3) is 8.95. The van der Waals surface area contributed by atoms with Crippen molar-refractivity contribution in [3.8, 4) is 6.07 Å². The largest absolute Gasteiger partial charge is 0.365 e. The minimum atomic E-state index is -1.08. The zero-order valence-corrected chi connectivity index (χ0v) is 22.2. The van der Waals surface area contributed by atoms with Gasteiger partial charge in [0.25, 0.3) is 5.91 Å². The van der Waals surface area contributed by atoms with Gasteiger partial charge in [-0.2, -0.15) is 15.5 Å². The number of benzene rings is 2. The first-order valence-corrected chi connectivity index (χ1v) is 15.5. The van der Waals surface area contributed by atoms with Gasteiger partial charge in [0, 0.05) is 32.3 Å². The summed E-state index contributed by atoms with van der Waals surface area (Å²) in [6.07, 6.45) is 3.10. The molecule has 0 aliphatic carbocycles. The molecule has 4 rings (SSSR count). The van der Waals surface area contributed by atoms with Crippen LogP contribution in [0.25, 0.3) is 0 Å². The number of nitrogens with zero attached hydrogens (tertiary/aromatic N) is 4. The Morgan fingerprint density at radius 2 is 1.70 bits per heavy atom. The average Bonchev–Trinajstić information content (AvgIpc) is 3.50. The molecule has 192 valence electrons. The molecule has 0 spiro atoms. The van der Waals surface area contributed by atoms with Gasteiger partial charge in [-0.15, -0.1) is 0 Å². The Kier molecular flexibility index (Phi) is 9.59. The lowest BCUT2D eigenvalue weighted by atomic mass is 10.3. The van der Waals surface area contributed by atoms with Gasteiger partial charge in [-0.05, 0) is 30.3 Å². The number of nitrogens with two attached hydrogens (primary N) is 1. The maximum absolute atomic E-state index is 11.0. The Morgan fingerprint density at radius 1 is 1.08 bits per heavy atom. The number of hydrogen-bond donors (Lipinski definition) is 4. The van der Waals surface area contributed by atoms with Crippen LogP contribution >= 0.6 is 0 Å². The summed E-state index contributed by atoms with van der Waals surface area (Å²) in [6.45, 7) is 8.06. The summed E-state index contributed by atoms with van der Waals surface area (Å²) in [5.41, 5.74) is 7.80. The van der Waals surface area contributed by atoms with Gasteiger partial charge in [0.15, 0.2) is 5.82 Å². The van der Waals surface area contributed by atoms with Crippen LogP contribution in [0, 0.1) is 11.3 Å². The van der Waals surface area contributed by atoms with E-state index in [4.69, 9.17) is 10.5 Å². The summed E-state index contributed by atoms with van der Waals surface area (Å²) < 4.78 is 7.32. The number of carbonyl (C=O) groups excluding carboxylic acids is 1. The number of primary amides is 1. The molecule has 1 amide bonds. The smallest absolute Gasteiger partial charge is 0.254 e. The van der Waals surface area contributed by atoms with Gasteiger partial charge < -0.3 is 21.1 Å². The number of hydrogen-bond acceptors (Lipinski definition) is 7. The number of carbonyl (C=O) groups is 1. The maximum atomic E-state index is 11.0. The minimum Gasteiger partial charge on any atom is -0.365 e. The quantitative estimate of drug-likeness (QED) is 0.170. The Morgan fingerprint density at radius 3 is 2.27 bits per heavy atom. The van der Waals surface area contributed by atoms with Crippen LogP contribution in [0.3, 0.4) is 0 Å². The van der Waals surface area contributed by atoms with Crippen LogP contribution < -0.4 is 16.4 Å². The van der Waals surface area contributed by atoms with Gasteiger partial charge >= 0.3 is 0 Å². The van der Waals surface area contributed by atoms with Crippen molar-refractivity contribution in [2.75, 3.05) is 17.2 Å². The highest BCUT2D eigenvalue weighted by molar-refractivity contribution is 6.76. The molecule has 0 fully saturated rings. The summed E-state index contributed by atoms with van der Waals surface area (Å²) in [5, 5.41) is 26.2. The minimum absolute atomic E-state index is 0.346. The number of aromatic nitrogens is 4. The normalized spacial score (nSPS) is 10.6. The van der Waals surface area contributed by atoms with Crippen molar-refractivity contribution >= 4 is 37.0 Å². The van der Waals surface area contributed by atoms with Crippen molar-refractivity contribution in [2.24, 2.45) is 5.73 Å². The zero-order valence-electron chi connectivity index (χ0n) is 21.2. The van der Waals surface area contributed by atoms with E-state index in [0.29, 0.717) is 29.5 Å². The van der Waals surface area contributed by atoms with Gasteiger partial charge in [0.1, 0.15) is 29.7 Å². The fourth-order valence-electron chi connectivity index (χ4n) is 3.09. The average molecular weight is 517 g/mol. The highest BCUT2D eigenvalue weighted by atomic mass is 28.3.